The third kappa shape index (κ3) is 3.75. The lowest BCUT2D eigenvalue weighted by molar-refractivity contribution is 0.421. The van der Waals surface area contributed by atoms with Gasteiger partial charge in [0.25, 0.3) is 0 Å². The Morgan fingerprint density at radius 1 is 1.11 bits per heavy atom. The highest BCUT2D eigenvalue weighted by Crippen LogP contribution is 2.19. The molecule has 0 aliphatic heterocycles. The molecule has 0 N–H and O–H groups in total. The predicted molar refractivity (Wildman–Crippen MR) is 65.6 cm³/mol. The van der Waals surface area contributed by atoms with Gasteiger partial charge in [-0.25, -0.2) is 12.8 Å². The summed E-state index contributed by atoms with van der Waals surface area (Å²) in [6.45, 7) is -0.121. The Morgan fingerprint density at radius 2 is 1.63 bits per heavy atom. The van der Waals surface area contributed by atoms with Gasteiger partial charge in [0.2, 0.25) is 10.0 Å². The number of rotatable bonds is 6. The van der Waals surface area contributed by atoms with Gasteiger partial charge in [0, 0.05) is 25.9 Å². The van der Waals surface area contributed by atoms with Crippen molar-refractivity contribution < 1.29 is 12.8 Å². The van der Waals surface area contributed by atoms with Crippen LogP contribution in [-0.4, -0.2) is 25.8 Å². The molecular formula is C12H12FN3O2S. The second-order valence-corrected chi connectivity index (χ2v) is 5.56. The summed E-state index contributed by atoms with van der Waals surface area (Å²) in [5, 5.41) is 17.0. The van der Waals surface area contributed by atoms with Crippen molar-refractivity contribution in [1.29, 1.82) is 10.5 Å². The number of sulfonamides is 1. The molecule has 5 nitrogen and oxygen atoms in total. The van der Waals surface area contributed by atoms with Gasteiger partial charge in [-0.2, -0.15) is 14.8 Å². The number of halogens is 1. The highest BCUT2D eigenvalue weighted by Gasteiger charge is 2.26. The Kier molecular flexibility index (Phi) is 5.43. The van der Waals surface area contributed by atoms with Crippen molar-refractivity contribution >= 4 is 10.0 Å². The van der Waals surface area contributed by atoms with Gasteiger partial charge in [-0.1, -0.05) is 12.1 Å². The number of hydrogen-bond acceptors (Lipinski definition) is 4. The van der Waals surface area contributed by atoms with E-state index in [2.05, 4.69) is 0 Å². The molecule has 0 atom stereocenters. The van der Waals surface area contributed by atoms with E-state index in [9.17, 15) is 12.8 Å². The van der Waals surface area contributed by atoms with Crippen molar-refractivity contribution in [1.82, 2.24) is 4.31 Å². The maximum Gasteiger partial charge on any atom is 0.246 e. The number of nitrogens with zero attached hydrogens (tertiary/aromatic N) is 3. The molecule has 0 heterocycles. The zero-order valence-corrected chi connectivity index (χ0v) is 10.9. The molecule has 0 aliphatic carbocycles. The van der Waals surface area contributed by atoms with Crippen molar-refractivity contribution in [3.63, 3.8) is 0 Å². The Bertz CT molecular complexity index is 599. The third-order valence-corrected chi connectivity index (χ3v) is 4.33. The first-order chi connectivity index (χ1) is 9.04. The van der Waals surface area contributed by atoms with Crippen LogP contribution in [0.2, 0.25) is 0 Å². The zero-order chi connectivity index (χ0) is 14.3. The lowest BCUT2D eigenvalue weighted by Crippen LogP contribution is -2.33. The molecule has 0 bridgehead atoms. The van der Waals surface area contributed by atoms with Crippen molar-refractivity contribution in [3.8, 4) is 12.1 Å². The second-order valence-electron chi connectivity index (χ2n) is 3.65. The molecule has 0 unspecified atom stereocenters. The molecule has 0 spiro atoms. The van der Waals surface area contributed by atoms with Crippen molar-refractivity contribution in [3.05, 3.63) is 30.1 Å². The largest absolute Gasteiger partial charge is 0.246 e. The van der Waals surface area contributed by atoms with E-state index in [1.165, 1.54) is 12.1 Å². The van der Waals surface area contributed by atoms with Gasteiger partial charge in [-0.15, -0.1) is 0 Å². The maximum absolute atomic E-state index is 13.6. The van der Waals surface area contributed by atoms with Gasteiger partial charge in [0.15, 0.2) is 0 Å². The number of nitriles is 2. The first kappa shape index (κ1) is 15.1. The van der Waals surface area contributed by atoms with Gasteiger partial charge in [-0.3, -0.25) is 0 Å². The minimum absolute atomic E-state index is 0.0148. The molecular weight excluding hydrogens is 269 g/mol. The van der Waals surface area contributed by atoms with Crippen molar-refractivity contribution in [2.45, 2.75) is 17.7 Å². The minimum atomic E-state index is -4.02. The van der Waals surface area contributed by atoms with Crippen LogP contribution in [-0.2, 0) is 10.0 Å². The predicted octanol–water partition coefficient (Wildman–Crippen LogP) is 1.64. The van der Waals surface area contributed by atoms with Gasteiger partial charge in [0.1, 0.15) is 10.7 Å². The zero-order valence-electron chi connectivity index (χ0n) is 10.1. The van der Waals surface area contributed by atoms with Gasteiger partial charge < -0.3 is 0 Å². The third-order valence-electron chi connectivity index (χ3n) is 2.40. The molecule has 0 saturated heterocycles. The first-order valence-electron chi connectivity index (χ1n) is 5.52. The highest BCUT2D eigenvalue weighted by molar-refractivity contribution is 7.89. The molecule has 19 heavy (non-hydrogen) atoms. The lowest BCUT2D eigenvalue weighted by Gasteiger charge is -2.20. The van der Waals surface area contributed by atoms with E-state index in [0.29, 0.717) is 0 Å². The van der Waals surface area contributed by atoms with Crippen molar-refractivity contribution in [2.75, 3.05) is 13.1 Å². The fraction of sp³-hybridized carbons (Fsp3) is 0.333. The van der Waals surface area contributed by atoms with Crippen LogP contribution in [0.1, 0.15) is 12.8 Å². The average molecular weight is 281 g/mol. The topological polar surface area (TPSA) is 85.0 Å². The summed E-state index contributed by atoms with van der Waals surface area (Å²) in [7, 11) is -4.02. The van der Waals surface area contributed by atoms with Crippen LogP contribution in [0.15, 0.2) is 29.2 Å². The van der Waals surface area contributed by atoms with Gasteiger partial charge >= 0.3 is 0 Å². The summed E-state index contributed by atoms with van der Waals surface area (Å²) in [6, 6.07) is 8.69. The Hall–Kier alpha value is -1.96. The maximum atomic E-state index is 13.6. The molecule has 100 valence electrons. The Labute approximate surface area is 111 Å². The van der Waals surface area contributed by atoms with Crippen LogP contribution in [0.25, 0.3) is 0 Å². The Morgan fingerprint density at radius 3 is 2.11 bits per heavy atom. The summed E-state index contributed by atoms with van der Waals surface area (Å²) in [6.07, 6.45) is -0.0295. The van der Waals surface area contributed by atoms with Crippen LogP contribution >= 0.6 is 0 Å². The quantitative estimate of drug-likeness (QED) is 0.793. The van der Waals surface area contributed by atoms with E-state index in [1.54, 1.807) is 0 Å². The normalized spacial score (nSPS) is 10.9. The molecule has 0 radical (unpaired) electrons. The van der Waals surface area contributed by atoms with Crippen LogP contribution in [0.3, 0.4) is 0 Å². The van der Waals surface area contributed by atoms with E-state index in [4.69, 9.17) is 10.5 Å². The summed E-state index contributed by atoms with van der Waals surface area (Å²) < 4.78 is 39.0. The van der Waals surface area contributed by atoms with E-state index < -0.39 is 20.7 Å². The molecule has 0 fully saturated rings. The SMILES string of the molecule is N#CCCN(CCC#N)S(=O)(=O)c1ccccc1F. The highest BCUT2D eigenvalue weighted by atomic mass is 32.2. The van der Waals surface area contributed by atoms with Crippen LogP contribution in [0, 0.1) is 28.5 Å². The number of hydrogen-bond donors (Lipinski definition) is 0. The molecule has 7 heteroatoms. The summed E-state index contributed by atoms with van der Waals surface area (Å²) >= 11 is 0. The average Bonchev–Trinajstić information content (AvgIpc) is 2.39. The smallest absolute Gasteiger partial charge is 0.207 e. The fourth-order valence-corrected chi connectivity index (χ4v) is 3.00. The summed E-state index contributed by atoms with van der Waals surface area (Å²) in [5.74, 6) is -0.846. The van der Waals surface area contributed by atoms with Gasteiger partial charge in [-0.05, 0) is 12.1 Å². The molecule has 0 aliphatic rings. The van der Waals surface area contributed by atoms with Crippen LogP contribution in [0.4, 0.5) is 4.39 Å². The van der Waals surface area contributed by atoms with E-state index in [0.717, 1.165) is 16.4 Å². The molecule has 0 amide bonds. The molecule has 0 saturated carbocycles. The molecule has 1 aromatic rings. The van der Waals surface area contributed by atoms with E-state index in [1.807, 2.05) is 12.1 Å². The van der Waals surface area contributed by atoms with Gasteiger partial charge in [0.05, 0.1) is 12.1 Å². The molecule has 1 aromatic carbocycles. The van der Waals surface area contributed by atoms with Crippen LogP contribution < -0.4 is 0 Å². The second kappa shape index (κ2) is 6.83. The number of benzene rings is 1. The van der Waals surface area contributed by atoms with E-state index >= 15 is 0 Å². The summed E-state index contributed by atoms with van der Waals surface area (Å²) in [5.41, 5.74) is 0. The first-order valence-corrected chi connectivity index (χ1v) is 6.96. The molecule has 1 rings (SSSR count). The minimum Gasteiger partial charge on any atom is -0.207 e. The Balaban J connectivity index is 3.09. The lowest BCUT2D eigenvalue weighted by atomic mass is 10.3. The van der Waals surface area contributed by atoms with Crippen molar-refractivity contribution in [2.24, 2.45) is 0 Å². The summed E-state index contributed by atoms with van der Waals surface area (Å²) in [4.78, 5) is -0.439. The fourth-order valence-electron chi connectivity index (χ4n) is 1.49. The van der Waals surface area contributed by atoms with E-state index in [-0.39, 0.29) is 25.9 Å². The monoisotopic (exact) mass is 281 g/mol. The standard InChI is InChI=1S/C12H12FN3O2S/c13-11-5-1-2-6-12(11)19(17,18)16(9-3-7-14)10-4-8-15/h1-2,5-6H,3-4,9-10H2. The van der Waals surface area contributed by atoms with Crippen LogP contribution in [0.5, 0.6) is 0 Å². The molecule has 0 aromatic heterocycles.